The van der Waals surface area contributed by atoms with Crippen LogP contribution >= 0.6 is 0 Å². The maximum atomic E-state index is 13.4. The van der Waals surface area contributed by atoms with Crippen LogP contribution in [-0.4, -0.2) is 48.5 Å². The third-order valence-electron chi connectivity index (χ3n) is 8.44. The lowest BCUT2D eigenvalue weighted by molar-refractivity contribution is -0.183. The van der Waals surface area contributed by atoms with Gasteiger partial charge in [0, 0.05) is 18.0 Å². The lowest BCUT2D eigenvalue weighted by Crippen LogP contribution is -2.33. The van der Waals surface area contributed by atoms with Crippen LogP contribution < -0.4 is 11.1 Å². The van der Waals surface area contributed by atoms with E-state index in [1.165, 1.54) is 12.1 Å². The zero-order chi connectivity index (χ0) is 30.9. The number of primary amides is 1. The van der Waals surface area contributed by atoms with E-state index in [1.54, 1.807) is 31.2 Å². The second-order valence-corrected chi connectivity index (χ2v) is 13.7. The highest BCUT2D eigenvalue weighted by molar-refractivity contribution is 7.91. The molecule has 0 radical (unpaired) electrons. The number of nitrogens with two attached hydrogens (primary N) is 1. The molecule has 2 saturated carbocycles. The van der Waals surface area contributed by atoms with E-state index in [0.29, 0.717) is 41.9 Å². The van der Waals surface area contributed by atoms with Crippen LogP contribution in [-0.2, 0) is 21.0 Å². The minimum Gasteiger partial charge on any atom is -0.447 e. The Morgan fingerprint density at radius 1 is 1.07 bits per heavy atom. The Morgan fingerprint density at radius 3 is 2.33 bits per heavy atom. The van der Waals surface area contributed by atoms with Crippen molar-refractivity contribution in [3.8, 4) is 0 Å². The third-order valence-corrected chi connectivity index (χ3v) is 10.2. The highest BCUT2D eigenvalue weighted by Gasteiger charge is 2.41. The number of imidazole rings is 1. The molecule has 2 aliphatic carbocycles. The molecule has 43 heavy (non-hydrogen) atoms. The van der Waals surface area contributed by atoms with Crippen LogP contribution in [0.25, 0.3) is 11.0 Å². The first kappa shape index (κ1) is 30.8. The zero-order valence-corrected chi connectivity index (χ0v) is 24.6. The van der Waals surface area contributed by atoms with E-state index in [1.807, 2.05) is 6.07 Å². The van der Waals surface area contributed by atoms with E-state index in [-0.39, 0.29) is 36.0 Å². The van der Waals surface area contributed by atoms with Gasteiger partial charge in [0.25, 0.3) is 5.91 Å². The summed E-state index contributed by atoms with van der Waals surface area (Å²) >= 11 is 0. The van der Waals surface area contributed by atoms with Gasteiger partial charge in [-0.2, -0.15) is 13.2 Å². The van der Waals surface area contributed by atoms with Gasteiger partial charge >= 0.3 is 12.3 Å². The molecule has 2 amide bonds. The fourth-order valence-corrected chi connectivity index (χ4v) is 6.71. The summed E-state index contributed by atoms with van der Waals surface area (Å²) in [6, 6.07) is 10.6. The van der Waals surface area contributed by atoms with E-state index < -0.39 is 40.0 Å². The Hall–Kier alpha value is -3.61. The van der Waals surface area contributed by atoms with Gasteiger partial charge in [-0.25, -0.2) is 18.2 Å². The number of halogens is 3. The lowest BCUT2D eigenvalue weighted by atomic mass is 9.80. The SMILES string of the molecule is CCS(=O)(=O)c1ccc([C@H](COC(N)=O)NC(=O)c2ccc3c(c2)nc(C[C@H]2CC[C@H](C(F)(F)F)CC2)n3C2CC2)cc1. The molecule has 1 aromatic heterocycles. The summed E-state index contributed by atoms with van der Waals surface area (Å²) in [4.78, 5) is 29.6. The van der Waals surface area contributed by atoms with Crippen molar-refractivity contribution in [2.45, 2.75) is 75.0 Å². The van der Waals surface area contributed by atoms with E-state index in [4.69, 9.17) is 15.5 Å². The largest absolute Gasteiger partial charge is 0.447 e. The molecular formula is C30H35F3N4O5S. The number of fused-ring (bicyclic) bond motifs is 1. The highest BCUT2D eigenvalue weighted by atomic mass is 32.2. The molecule has 0 spiro atoms. The minimum absolute atomic E-state index is 0.0584. The number of nitrogens with one attached hydrogen (secondary N) is 1. The molecule has 3 aromatic rings. The Bertz CT molecular complexity index is 1590. The molecule has 0 unspecified atom stereocenters. The van der Waals surface area contributed by atoms with Gasteiger partial charge < -0.3 is 20.4 Å². The number of hydrogen-bond donors (Lipinski definition) is 2. The maximum Gasteiger partial charge on any atom is 0.404 e. The molecule has 2 fully saturated rings. The summed E-state index contributed by atoms with van der Waals surface area (Å²) < 4.78 is 71.0. The van der Waals surface area contributed by atoms with E-state index >= 15 is 0 Å². The Kier molecular flexibility index (Phi) is 8.73. The van der Waals surface area contributed by atoms with Crippen molar-refractivity contribution in [2.24, 2.45) is 17.6 Å². The first-order chi connectivity index (χ1) is 20.4. The standard InChI is InChI=1S/C30H35F3N4O5S/c1-2-43(40,41)23-12-5-19(6-13-23)25(17-42-29(34)39)36-28(38)20-7-14-26-24(16-20)35-27(37(26)22-10-11-22)15-18-3-8-21(9-4-18)30(31,32)33/h5-7,12-14,16,18,21-22,25H,2-4,8-11,15,17H2,1H3,(H2,34,39)(H,36,38)/t18-,21-,25-/m0/s1. The van der Waals surface area contributed by atoms with Gasteiger partial charge in [0.15, 0.2) is 9.84 Å². The fourth-order valence-electron chi connectivity index (χ4n) is 5.83. The Morgan fingerprint density at radius 2 is 1.74 bits per heavy atom. The Balaban J connectivity index is 1.35. The molecule has 1 atom stereocenters. The molecule has 1 heterocycles. The molecule has 3 N–H and O–H groups in total. The number of ether oxygens (including phenoxy) is 1. The van der Waals surface area contributed by atoms with Crippen molar-refractivity contribution in [3.63, 3.8) is 0 Å². The van der Waals surface area contributed by atoms with Crippen molar-refractivity contribution in [3.05, 3.63) is 59.4 Å². The summed E-state index contributed by atoms with van der Waals surface area (Å²) in [6.07, 6.45) is -1.28. The molecule has 232 valence electrons. The number of aromatic nitrogens is 2. The molecular weight excluding hydrogens is 585 g/mol. The number of carbonyl (C=O) groups excluding carboxylic acids is 2. The second-order valence-electron chi connectivity index (χ2n) is 11.4. The van der Waals surface area contributed by atoms with Gasteiger partial charge in [0.2, 0.25) is 0 Å². The minimum atomic E-state index is -4.15. The predicted octanol–water partition coefficient (Wildman–Crippen LogP) is 5.64. The number of benzene rings is 2. The summed E-state index contributed by atoms with van der Waals surface area (Å²) in [5, 5.41) is 2.83. The van der Waals surface area contributed by atoms with Crippen molar-refractivity contribution in [1.82, 2.24) is 14.9 Å². The van der Waals surface area contributed by atoms with Gasteiger partial charge in [-0.1, -0.05) is 19.1 Å². The number of rotatable bonds is 10. The number of sulfone groups is 1. The van der Waals surface area contributed by atoms with Crippen LogP contribution in [0.4, 0.5) is 18.0 Å². The van der Waals surface area contributed by atoms with Crippen LogP contribution in [0.15, 0.2) is 47.4 Å². The molecule has 0 saturated heterocycles. The Labute approximate surface area is 247 Å². The quantitative estimate of drug-likeness (QED) is 0.301. The zero-order valence-electron chi connectivity index (χ0n) is 23.8. The average molecular weight is 621 g/mol. The monoisotopic (exact) mass is 620 g/mol. The summed E-state index contributed by atoms with van der Waals surface area (Å²) in [5.74, 6) is -0.789. The summed E-state index contributed by atoms with van der Waals surface area (Å²) in [6.45, 7) is 1.28. The molecule has 0 aliphatic heterocycles. The fraction of sp³-hybridized carbons (Fsp3) is 0.500. The van der Waals surface area contributed by atoms with E-state index in [9.17, 15) is 31.2 Å². The average Bonchev–Trinajstić information content (AvgIpc) is 3.75. The maximum absolute atomic E-state index is 13.4. The van der Waals surface area contributed by atoms with Crippen molar-refractivity contribution in [1.29, 1.82) is 0 Å². The lowest BCUT2D eigenvalue weighted by Gasteiger charge is -2.29. The number of carbonyl (C=O) groups is 2. The van der Waals surface area contributed by atoms with Crippen LogP contribution in [0.1, 0.15) is 79.3 Å². The molecule has 9 nitrogen and oxygen atoms in total. The topological polar surface area (TPSA) is 133 Å². The molecule has 13 heteroatoms. The highest BCUT2D eigenvalue weighted by Crippen LogP contribution is 2.43. The van der Waals surface area contributed by atoms with Crippen LogP contribution in [0.5, 0.6) is 0 Å². The summed E-state index contributed by atoms with van der Waals surface area (Å²) in [5.41, 5.74) is 7.48. The first-order valence-electron chi connectivity index (χ1n) is 14.5. The van der Waals surface area contributed by atoms with Crippen LogP contribution in [0.3, 0.4) is 0 Å². The molecule has 2 aliphatic rings. The van der Waals surface area contributed by atoms with Crippen LogP contribution in [0.2, 0.25) is 0 Å². The van der Waals surface area contributed by atoms with Crippen molar-refractivity contribution in [2.75, 3.05) is 12.4 Å². The van der Waals surface area contributed by atoms with Crippen molar-refractivity contribution < 1.29 is 35.9 Å². The normalized spacial score (nSPS) is 20.1. The van der Waals surface area contributed by atoms with Crippen LogP contribution in [0, 0.1) is 11.8 Å². The van der Waals surface area contributed by atoms with Gasteiger partial charge in [0.05, 0.1) is 33.6 Å². The van der Waals surface area contributed by atoms with Gasteiger partial charge in [-0.05, 0) is 80.3 Å². The second kappa shape index (κ2) is 12.2. The van der Waals surface area contributed by atoms with Crippen molar-refractivity contribution >= 4 is 32.9 Å². The number of alkyl halides is 3. The predicted molar refractivity (Wildman–Crippen MR) is 153 cm³/mol. The number of amides is 2. The van der Waals surface area contributed by atoms with Gasteiger partial charge in [-0.15, -0.1) is 0 Å². The summed E-state index contributed by atoms with van der Waals surface area (Å²) in [7, 11) is -3.42. The third kappa shape index (κ3) is 7.14. The van der Waals surface area contributed by atoms with E-state index in [0.717, 1.165) is 24.2 Å². The number of hydrogen-bond acceptors (Lipinski definition) is 6. The smallest absolute Gasteiger partial charge is 0.404 e. The number of nitrogens with zero attached hydrogens (tertiary/aromatic N) is 2. The van der Waals surface area contributed by atoms with Gasteiger partial charge in [-0.3, -0.25) is 4.79 Å². The molecule has 5 rings (SSSR count). The molecule has 2 aromatic carbocycles. The van der Waals surface area contributed by atoms with E-state index in [2.05, 4.69) is 9.88 Å². The molecule has 0 bridgehead atoms. The van der Waals surface area contributed by atoms with Gasteiger partial charge in [0.1, 0.15) is 12.4 Å². The first-order valence-corrected chi connectivity index (χ1v) is 16.1.